The standard InChI is InChI=1S/C24H28N6O4/c1-5-29(6-2)24(31)15-7-9-17(10-8-15)30-23(25-26-27-30)20-19-16(11-12-28(20)3)13-18-21(22(19)32-4)34-14-33-18/h7-10,13,20H,5-6,11-12,14H2,1-4H3/t20-/m0/s1. The van der Waals surface area contributed by atoms with Crippen LogP contribution in [0.5, 0.6) is 17.2 Å². The fourth-order valence-electron chi connectivity index (χ4n) is 4.75. The molecule has 0 spiro atoms. The first-order valence-electron chi connectivity index (χ1n) is 11.4. The zero-order valence-corrected chi connectivity index (χ0v) is 19.8. The van der Waals surface area contributed by atoms with Crippen molar-refractivity contribution in [2.45, 2.75) is 26.3 Å². The third kappa shape index (κ3) is 3.54. The molecule has 10 heteroatoms. The summed E-state index contributed by atoms with van der Waals surface area (Å²) in [6, 6.07) is 9.16. The summed E-state index contributed by atoms with van der Waals surface area (Å²) in [6.07, 6.45) is 0.846. The van der Waals surface area contributed by atoms with Gasteiger partial charge < -0.3 is 19.1 Å². The highest BCUT2D eigenvalue weighted by atomic mass is 16.7. The average Bonchev–Trinajstić information content (AvgIpc) is 3.53. The number of rotatable bonds is 6. The van der Waals surface area contributed by atoms with E-state index in [1.54, 1.807) is 16.7 Å². The van der Waals surface area contributed by atoms with E-state index >= 15 is 0 Å². The zero-order valence-electron chi connectivity index (χ0n) is 19.8. The van der Waals surface area contributed by atoms with Gasteiger partial charge in [-0.2, -0.15) is 4.68 Å². The maximum atomic E-state index is 12.7. The van der Waals surface area contributed by atoms with Gasteiger partial charge in [-0.1, -0.05) is 0 Å². The third-order valence-electron chi connectivity index (χ3n) is 6.54. The maximum absolute atomic E-state index is 12.7. The van der Waals surface area contributed by atoms with E-state index in [-0.39, 0.29) is 18.7 Å². The number of carbonyl (C=O) groups excluding carboxylic acids is 1. The number of methoxy groups -OCH3 is 1. The largest absolute Gasteiger partial charge is 0.492 e. The van der Waals surface area contributed by atoms with Gasteiger partial charge in [0.2, 0.25) is 12.5 Å². The van der Waals surface area contributed by atoms with Crippen LogP contribution in [0.3, 0.4) is 0 Å². The molecule has 5 rings (SSSR count). The Morgan fingerprint density at radius 2 is 1.97 bits per heavy atom. The number of likely N-dealkylation sites (N-methyl/N-ethyl adjacent to an activating group) is 1. The van der Waals surface area contributed by atoms with Crippen molar-refractivity contribution in [3.63, 3.8) is 0 Å². The molecular formula is C24H28N6O4. The number of hydrogen-bond donors (Lipinski definition) is 0. The fraction of sp³-hybridized carbons (Fsp3) is 0.417. The van der Waals surface area contributed by atoms with Crippen LogP contribution in [0, 0.1) is 0 Å². The third-order valence-corrected chi connectivity index (χ3v) is 6.54. The van der Waals surface area contributed by atoms with Crippen LogP contribution in [-0.2, 0) is 6.42 Å². The van der Waals surface area contributed by atoms with Crippen LogP contribution in [0.4, 0.5) is 0 Å². The van der Waals surface area contributed by atoms with E-state index in [0.29, 0.717) is 41.7 Å². The van der Waals surface area contributed by atoms with Crippen LogP contribution >= 0.6 is 0 Å². The SMILES string of the molecule is CCN(CC)C(=O)c1ccc(-n2nnnc2[C@@H]2c3c(cc4c(c3OC)OCO4)CCN2C)cc1. The predicted octanol–water partition coefficient (Wildman–Crippen LogP) is 2.46. The number of benzene rings is 2. The van der Waals surface area contributed by atoms with E-state index in [4.69, 9.17) is 14.2 Å². The molecule has 178 valence electrons. The fourth-order valence-corrected chi connectivity index (χ4v) is 4.75. The van der Waals surface area contributed by atoms with E-state index in [1.165, 1.54) is 0 Å². The number of amides is 1. The Labute approximate surface area is 198 Å². The lowest BCUT2D eigenvalue weighted by Gasteiger charge is -2.34. The van der Waals surface area contributed by atoms with Crippen LogP contribution in [-0.4, -0.2) is 76.5 Å². The first-order valence-corrected chi connectivity index (χ1v) is 11.4. The lowest BCUT2D eigenvalue weighted by molar-refractivity contribution is 0.0773. The second kappa shape index (κ2) is 8.94. The first kappa shape index (κ1) is 22.1. The molecule has 0 bridgehead atoms. The molecule has 1 atom stereocenters. The first-order chi connectivity index (χ1) is 16.6. The van der Waals surface area contributed by atoms with Crippen LogP contribution < -0.4 is 14.2 Å². The second-order valence-corrected chi connectivity index (χ2v) is 8.32. The lowest BCUT2D eigenvalue weighted by atomic mass is 9.90. The molecule has 0 fully saturated rings. The van der Waals surface area contributed by atoms with Gasteiger partial charge in [-0.05, 0) is 73.6 Å². The Kier molecular flexibility index (Phi) is 5.82. The summed E-state index contributed by atoms with van der Waals surface area (Å²) in [5.41, 5.74) is 3.51. The highest BCUT2D eigenvalue weighted by Gasteiger charge is 2.37. The van der Waals surface area contributed by atoms with Crippen molar-refractivity contribution < 1.29 is 19.0 Å². The average molecular weight is 465 g/mol. The summed E-state index contributed by atoms with van der Waals surface area (Å²) in [4.78, 5) is 16.7. The van der Waals surface area contributed by atoms with Gasteiger partial charge in [0.15, 0.2) is 17.3 Å². The minimum absolute atomic E-state index is 0.00948. The van der Waals surface area contributed by atoms with E-state index in [2.05, 4.69) is 20.4 Å². The second-order valence-electron chi connectivity index (χ2n) is 8.32. The summed E-state index contributed by atoms with van der Waals surface area (Å²) in [6.45, 7) is 6.28. The van der Waals surface area contributed by atoms with Crippen molar-refractivity contribution in [1.82, 2.24) is 30.0 Å². The molecule has 0 aliphatic carbocycles. The van der Waals surface area contributed by atoms with E-state index in [9.17, 15) is 4.79 Å². The summed E-state index contributed by atoms with van der Waals surface area (Å²) in [5.74, 6) is 2.63. The van der Waals surface area contributed by atoms with Crippen molar-refractivity contribution in [2.24, 2.45) is 0 Å². The Bertz CT molecular complexity index is 1200. The van der Waals surface area contributed by atoms with Crippen molar-refractivity contribution in [3.8, 4) is 22.9 Å². The smallest absolute Gasteiger partial charge is 0.253 e. The molecule has 2 aliphatic rings. The maximum Gasteiger partial charge on any atom is 0.253 e. The van der Waals surface area contributed by atoms with E-state index in [1.807, 2.05) is 51.2 Å². The molecule has 1 amide bonds. The van der Waals surface area contributed by atoms with E-state index in [0.717, 1.165) is 29.8 Å². The van der Waals surface area contributed by atoms with Crippen LogP contribution in [0.25, 0.3) is 5.69 Å². The number of ether oxygens (including phenoxy) is 3. The van der Waals surface area contributed by atoms with E-state index < -0.39 is 0 Å². The topological polar surface area (TPSA) is 94.8 Å². The molecule has 0 saturated heterocycles. The number of carbonyl (C=O) groups is 1. The summed E-state index contributed by atoms with van der Waals surface area (Å²) in [5, 5.41) is 12.7. The molecule has 0 N–H and O–H groups in total. The molecule has 3 heterocycles. The van der Waals surface area contributed by atoms with Crippen LogP contribution in [0.15, 0.2) is 30.3 Å². The van der Waals surface area contributed by atoms with Gasteiger partial charge in [0.25, 0.3) is 5.91 Å². The molecule has 1 aromatic heterocycles. The monoisotopic (exact) mass is 464 g/mol. The molecule has 0 radical (unpaired) electrons. The van der Waals surface area contributed by atoms with Gasteiger partial charge in [-0.3, -0.25) is 9.69 Å². The van der Waals surface area contributed by atoms with Crippen molar-refractivity contribution in [2.75, 3.05) is 40.6 Å². The van der Waals surface area contributed by atoms with Crippen molar-refractivity contribution >= 4 is 5.91 Å². The molecule has 10 nitrogen and oxygen atoms in total. The van der Waals surface area contributed by atoms with Gasteiger partial charge in [0.05, 0.1) is 12.8 Å². The van der Waals surface area contributed by atoms with Crippen LogP contribution in [0.1, 0.15) is 47.2 Å². The number of fused-ring (bicyclic) bond motifs is 2. The molecule has 2 aromatic carbocycles. The predicted molar refractivity (Wildman–Crippen MR) is 124 cm³/mol. The Morgan fingerprint density at radius 3 is 2.68 bits per heavy atom. The zero-order chi connectivity index (χ0) is 23.8. The van der Waals surface area contributed by atoms with Gasteiger partial charge in [0.1, 0.15) is 6.04 Å². The van der Waals surface area contributed by atoms with Crippen LogP contribution in [0.2, 0.25) is 0 Å². The van der Waals surface area contributed by atoms with Gasteiger partial charge in [-0.25, -0.2) is 0 Å². The summed E-state index contributed by atoms with van der Waals surface area (Å²) < 4.78 is 18.9. The lowest BCUT2D eigenvalue weighted by Crippen LogP contribution is -2.35. The Morgan fingerprint density at radius 1 is 1.21 bits per heavy atom. The number of hydrogen-bond acceptors (Lipinski definition) is 8. The summed E-state index contributed by atoms with van der Waals surface area (Å²) >= 11 is 0. The molecule has 0 saturated carbocycles. The molecule has 2 aliphatic heterocycles. The van der Waals surface area contributed by atoms with Crippen molar-refractivity contribution in [1.29, 1.82) is 0 Å². The minimum Gasteiger partial charge on any atom is -0.492 e. The highest BCUT2D eigenvalue weighted by Crippen LogP contribution is 2.50. The van der Waals surface area contributed by atoms with Crippen molar-refractivity contribution in [3.05, 3.63) is 52.8 Å². The van der Waals surface area contributed by atoms with Gasteiger partial charge in [0, 0.05) is 30.8 Å². The molecular weight excluding hydrogens is 436 g/mol. The number of nitrogens with zero attached hydrogens (tertiary/aromatic N) is 6. The Hall–Kier alpha value is -3.66. The molecule has 0 unspecified atom stereocenters. The van der Waals surface area contributed by atoms with Gasteiger partial charge in [-0.15, -0.1) is 5.10 Å². The summed E-state index contributed by atoms with van der Waals surface area (Å²) in [7, 11) is 3.68. The number of tetrazole rings is 1. The molecule has 34 heavy (non-hydrogen) atoms. The quantitative estimate of drug-likeness (QED) is 0.549. The highest BCUT2D eigenvalue weighted by molar-refractivity contribution is 5.94. The Balaban J connectivity index is 1.55. The number of aromatic nitrogens is 4. The normalized spacial score (nSPS) is 16.9. The molecule has 3 aromatic rings. The minimum atomic E-state index is -0.250. The van der Waals surface area contributed by atoms with Gasteiger partial charge >= 0.3 is 0 Å².